The average Bonchev–Trinajstić information content (AvgIpc) is 2.86. The summed E-state index contributed by atoms with van der Waals surface area (Å²) in [5.74, 6) is 1.31. The lowest BCUT2D eigenvalue weighted by molar-refractivity contribution is 0.109. The standard InChI is InChI=1S/C15H16O3/c1-2-3-4-12-5-7-13(8-6-12)17-15-10-9-14(11-16)18-15/h5-11H,2-4H2,1H3. The molecule has 0 spiro atoms. The third-order valence-corrected chi connectivity index (χ3v) is 2.68. The van der Waals surface area contributed by atoms with Crippen LogP contribution in [0.4, 0.5) is 0 Å². The first kappa shape index (κ1) is 12.4. The fourth-order valence-electron chi connectivity index (χ4n) is 1.67. The van der Waals surface area contributed by atoms with Gasteiger partial charge >= 0.3 is 0 Å². The zero-order chi connectivity index (χ0) is 12.8. The molecule has 0 atom stereocenters. The Kier molecular flexibility index (Phi) is 4.18. The first-order chi connectivity index (χ1) is 8.81. The van der Waals surface area contributed by atoms with E-state index in [4.69, 9.17) is 9.15 Å². The Morgan fingerprint density at radius 2 is 1.94 bits per heavy atom. The Morgan fingerprint density at radius 1 is 1.17 bits per heavy atom. The molecule has 0 aliphatic rings. The number of carbonyl (C=O) groups excluding carboxylic acids is 1. The van der Waals surface area contributed by atoms with E-state index in [2.05, 4.69) is 19.1 Å². The molecule has 18 heavy (non-hydrogen) atoms. The Morgan fingerprint density at radius 3 is 2.56 bits per heavy atom. The quantitative estimate of drug-likeness (QED) is 0.714. The molecule has 0 saturated carbocycles. The van der Waals surface area contributed by atoms with Crippen molar-refractivity contribution < 1.29 is 13.9 Å². The van der Waals surface area contributed by atoms with Crippen LogP contribution in [-0.4, -0.2) is 6.29 Å². The molecule has 0 unspecified atom stereocenters. The van der Waals surface area contributed by atoms with Crippen molar-refractivity contribution in [2.75, 3.05) is 0 Å². The molecular formula is C15H16O3. The van der Waals surface area contributed by atoms with Gasteiger partial charge < -0.3 is 9.15 Å². The lowest BCUT2D eigenvalue weighted by atomic mass is 10.1. The van der Waals surface area contributed by atoms with Gasteiger partial charge in [0.05, 0.1) is 0 Å². The SMILES string of the molecule is CCCCc1ccc(Oc2ccc(C=O)o2)cc1. The third kappa shape index (κ3) is 3.23. The maximum Gasteiger partial charge on any atom is 0.290 e. The minimum Gasteiger partial charge on any atom is -0.426 e. The molecule has 0 saturated heterocycles. The summed E-state index contributed by atoms with van der Waals surface area (Å²) in [7, 11) is 0. The van der Waals surface area contributed by atoms with Crippen molar-refractivity contribution in [3.8, 4) is 11.7 Å². The van der Waals surface area contributed by atoms with Gasteiger partial charge in [0, 0.05) is 6.07 Å². The monoisotopic (exact) mass is 244 g/mol. The minimum atomic E-state index is 0.268. The summed E-state index contributed by atoms with van der Waals surface area (Å²) in [6.07, 6.45) is 4.13. The highest BCUT2D eigenvalue weighted by atomic mass is 16.6. The van der Waals surface area contributed by atoms with Gasteiger partial charge in [-0.3, -0.25) is 4.79 Å². The molecule has 0 amide bonds. The molecule has 0 aliphatic carbocycles. The van der Waals surface area contributed by atoms with E-state index in [0.29, 0.717) is 18.0 Å². The number of carbonyl (C=O) groups is 1. The van der Waals surface area contributed by atoms with Crippen molar-refractivity contribution >= 4 is 6.29 Å². The van der Waals surface area contributed by atoms with Crippen LogP contribution in [0.25, 0.3) is 0 Å². The highest BCUT2D eigenvalue weighted by Crippen LogP contribution is 2.23. The third-order valence-electron chi connectivity index (χ3n) is 2.68. The van der Waals surface area contributed by atoms with E-state index >= 15 is 0 Å². The number of rotatable bonds is 6. The summed E-state index contributed by atoms with van der Waals surface area (Å²) in [5.41, 5.74) is 1.30. The number of ether oxygens (including phenoxy) is 1. The molecule has 3 nitrogen and oxygen atoms in total. The van der Waals surface area contributed by atoms with Crippen LogP contribution >= 0.6 is 0 Å². The lowest BCUT2D eigenvalue weighted by Gasteiger charge is -2.03. The molecular weight excluding hydrogens is 228 g/mol. The second-order valence-electron chi connectivity index (χ2n) is 4.12. The van der Waals surface area contributed by atoms with E-state index in [1.54, 1.807) is 12.1 Å². The number of benzene rings is 1. The van der Waals surface area contributed by atoms with E-state index < -0.39 is 0 Å². The van der Waals surface area contributed by atoms with Gasteiger partial charge in [-0.1, -0.05) is 25.5 Å². The topological polar surface area (TPSA) is 39.4 Å². The van der Waals surface area contributed by atoms with Crippen LogP contribution in [0.1, 0.15) is 35.9 Å². The van der Waals surface area contributed by atoms with Crippen molar-refractivity contribution in [3.05, 3.63) is 47.7 Å². The molecule has 1 heterocycles. The summed E-state index contributed by atoms with van der Waals surface area (Å²) in [5, 5.41) is 0. The summed E-state index contributed by atoms with van der Waals surface area (Å²) >= 11 is 0. The fraction of sp³-hybridized carbons (Fsp3) is 0.267. The fourth-order valence-corrected chi connectivity index (χ4v) is 1.67. The van der Waals surface area contributed by atoms with Gasteiger partial charge in [0.1, 0.15) is 5.75 Å². The van der Waals surface area contributed by atoms with Gasteiger partial charge in [-0.05, 0) is 36.6 Å². The van der Waals surface area contributed by atoms with E-state index in [0.717, 1.165) is 6.42 Å². The molecule has 3 heteroatoms. The van der Waals surface area contributed by atoms with Gasteiger partial charge in [-0.25, -0.2) is 0 Å². The number of furan rings is 1. The normalized spacial score (nSPS) is 10.3. The molecule has 0 radical (unpaired) electrons. The molecule has 0 bridgehead atoms. The van der Waals surface area contributed by atoms with Crippen molar-refractivity contribution in [2.45, 2.75) is 26.2 Å². The molecule has 2 aromatic rings. The van der Waals surface area contributed by atoms with Crippen molar-refractivity contribution in [3.63, 3.8) is 0 Å². The second kappa shape index (κ2) is 6.05. The zero-order valence-electron chi connectivity index (χ0n) is 10.4. The highest BCUT2D eigenvalue weighted by molar-refractivity contribution is 5.70. The van der Waals surface area contributed by atoms with Gasteiger partial charge in [-0.2, -0.15) is 0 Å². The van der Waals surface area contributed by atoms with Crippen LogP contribution in [-0.2, 0) is 6.42 Å². The number of hydrogen-bond donors (Lipinski definition) is 0. The van der Waals surface area contributed by atoms with E-state index in [1.807, 2.05) is 12.1 Å². The summed E-state index contributed by atoms with van der Waals surface area (Å²) in [4.78, 5) is 10.5. The molecule has 1 aromatic carbocycles. The molecule has 94 valence electrons. The van der Waals surface area contributed by atoms with Crippen LogP contribution < -0.4 is 4.74 Å². The number of aryl methyl sites for hydroxylation is 1. The average molecular weight is 244 g/mol. The van der Waals surface area contributed by atoms with E-state index in [9.17, 15) is 4.79 Å². The highest BCUT2D eigenvalue weighted by Gasteiger charge is 2.03. The van der Waals surface area contributed by atoms with Crippen LogP contribution in [0.15, 0.2) is 40.8 Å². The summed E-state index contributed by atoms with van der Waals surface area (Å²) in [6, 6.07) is 11.1. The Bertz CT molecular complexity index is 497. The van der Waals surface area contributed by atoms with Crippen LogP contribution in [0.3, 0.4) is 0 Å². The van der Waals surface area contributed by atoms with Crippen LogP contribution in [0.5, 0.6) is 11.7 Å². The number of hydrogen-bond acceptors (Lipinski definition) is 3. The number of aldehydes is 1. The predicted octanol–water partition coefficient (Wildman–Crippen LogP) is 4.23. The van der Waals surface area contributed by atoms with Crippen LogP contribution in [0.2, 0.25) is 0 Å². The maximum atomic E-state index is 10.5. The van der Waals surface area contributed by atoms with Crippen molar-refractivity contribution in [2.24, 2.45) is 0 Å². The van der Waals surface area contributed by atoms with E-state index in [1.165, 1.54) is 18.4 Å². The zero-order valence-corrected chi connectivity index (χ0v) is 10.4. The first-order valence-electron chi connectivity index (χ1n) is 6.13. The van der Waals surface area contributed by atoms with Gasteiger partial charge in [-0.15, -0.1) is 0 Å². The van der Waals surface area contributed by atoms with Gasteiger partial charge in [0.25, 0.3) is 5.95 Å². The van der Waals surface area contributed by atoms with Crippen molar-refractivity contribution in [1.82, 2.24) is 0 Å². The molecule has 0 fully saturated rings. The Balaban J connectivity index is 1.99. The van der Waals surface area contributed by atoms with Gasteiger partial charge in [0.15, 0.2) is 12.0 Å². The minimum absolute atomic E-state index is 0.268. The maximum absolute atomic E-state index is 10.5. The number of unbranched alkanes of at least 4 members (excludes halogenated alkanes) is 1. The van der Waals surface area contributed by atoms with Crippen LogP contribution in [0, 0.1) is 0 Å². The summed E-state index contributed by atoms with van der Waals surface area (Å²) in [6.45, 7) is 2.18. The predicted molar refractivity (Wildman–Crippen MR) is 69.2 cm³/mol. The lowest BCUT2D eigenvalue weighted by Crippen LogP contribution is -1.86. The Labute approximate surface area is 106 Å². The second-order valence-corrected chi connectivity index (χ2v) is 4.12. The molecule has 1 aromatic heterocycles. The van der Waals surface area contributed by atoms with Crippen molar-refractivity contribution in [1.29, 1.82) is 0 Å². The van der Waals surface area contributed by atoms with Gasteiger partial charge in [0.2, 0.25) is 0 Å². The largest absolute Gasteiger partial charge is 0.426 e. The summed E-state index contributed by atoms with van der Waals surface area (Å²) < 4.78 is 10.6. The first-order valence-corrected chi connectivity index (χ1v) is 6.13. The smallest absolute Gasteiger partial charge is 0.290 e. The van der Waals surface area contributed by atoms with E-state index in [-0.39, 0.29) is 5.76 Å². The molecule has 0 N–H and O–H groups in total. The molecule has 2 rings (SSSR count). The Hall–Kier alpha value is -2.03. The molecule has 0 aliphatic heterocycles.